The third-order valence-corrected chi connectivity index (χ3v) is 4.79. The summed E-state index contributed by atoms with van der Waals surface area (Å²) in [6.07, 6.45) is 0. The van der Waals surface area contributed by atoms with Gasteiger partial charge in [0.2, 0.25) is 10.0 Å². The lowest BCUT2D eigenvalue weighted by atomic mass is 10.1. The van der Waals surface area contributed by atoms with Gasteiger partial charge in [0.15, 0.2) is 5.96 Å². The topological polar surface area (TPSA) is 73.8 Å². The Kier molecular flexibility index (Phi) is 6.58. The second-order valence-electron chi connectivity index (χ2n) is 6.50. The Morgan fingerprint density at radius 2 is 1.74 bits per heavy atom. The highest BCUT2D eigenvalue weighted by Crippen LogP contribution is 2.14. The molecule has 0 spiro atoms. The number of rotatable bonds is 5. The molecule has 0 aromatic heterocycles. The minimum Gasteiger partial charge on any atom is -0.357 e. The van der Waals surface area contributed by atoms with Crippen LogP contribution in [0.4, 0.5) is 0 Å². The van der Waals surface area contributed by atoms with Gasteiger partial charge in [0.1, 0.15) is 0 Å². The average molecular weight is 340 g/mol. The summed E-state index contributed by atoms with van der Waals surface area (Å²) >= 11 is 0. The van der Waals surface area contributed by atoms with Crippen molar-refractivity contribution in [2.45, 2.75) is 44.7 Å². The van der Waals surface area contributed by atoms with Gasteiger partial charge in [0.05, 0.1) is 11.4 Å². The van der Waals surface area contributed by atoms with E-state index in [1.807, 2.05) is 6.92 Å². The Balaban J connectivity index is 2.87. The quantitative estimate of drug-likeness (QED) is 0.633. The van der Waals surface area contributed by atoms with Crippen molar-refractivity contribution in [2.75, 3.05) is 20.6 Å². The zero-order chi connectivity index (χ0) is 17.7. The van der Waals surface area contributed by atoms with Gasteiger partial charge in [-0.25, -0.2) is 17.7 Å². The van der Waals surface area contributed by atoms with Crippen molar-refractivity contribution in [3.8, 4) is 0 Å². The van der Waals surface area contributed by atoms with Crippen LogP contribution in [0.3, 0.4) is 0 Å². The number of guanidine groups is 1. The summed E-state index contributed by atoms with van der Waals surface area (Å²) in [4.78, 5) is 4.82. The van der Waals surface area contributed by atoms with Crippen molar-refractivity contribution in [2.24, 2.45) is 4.99 Å². The Hall–Kier alpha value is -1.60. The summed E-state index contributed by atoms with van der Waals surface area (Å²) in [5.41, 5.74) is 0.874. The maximum absolute atomic E-state index is 12.0. The lowest BCUT2D eigenvalue weighted by molar-refractivity contribution is 0.501. The molecule has 0 saturated heterocycles. The molecule has 23 heavy (non-hydrogen) atoms. The van der Waals surface area contributed by atoms with Crippen molar-refractivity contribution < 1.29 is 8.42 Å². The minimum atomic E-state index is -3.38. The molecule has 0 bridgehead atoms. The maximum Gasteiger partial charge on any atom is 0.242 e. The van der Waals surface area contributed by atoms with Gasteiger partial charge in [0, 0.05) is 26.2 Å². The summed E-state index contributed by atoms with van der Waals surface area (Å²) in [6.45, 7) is 9.48. The predicted octanol–water partition coefficient (Wildman–Crippen LogP) is 1.79. The maximum atomic E-state index is 12.0. The number of hydrogen-bond donors (Lipinski definition) is 2. The second-order valence-corrected chi connectivity index (χ2v) is 8.65. The molecule has 0 amide bonds. The van der Waals surface area contributed by atoms with Crippen LogP contribution in [-0.2, 0) is 16.6 Å². The van der Waals surface area contributed by atoms with Crippen LogP contribution in [0.5, 0.6) is 0 Å². The molecule has 0 saturated carbocycles. The largest absolute Gasteiger partial charge is 0.357 e. The van der Waals surface area contributed by atoms with Crippen LogP contribution in [0.25, 0.3) is 0 Å². The highest BCUT2D eigenvalue weighted by molar-refractivity contribution is 7.89. The van der Waals surface area contributed by atoms with E-state index in [-0.39, 0.29) is 10.4 Å². The molecule has 130 valence electrons. The van der Waals surface area contributed by atoms with Gasteiger partial charge in [-0.1, -0.05) is 12.1 Å². The third kappa shape index (κ3) is 6.19. The molecule has 6 nitrogen and oxygen atoms in total. The molecule has 2 N–H and O–H groups in total. The van der Waals surface area contributed by atoms with Gasteiger partial charge in [-0.15, -0.1) is 0 Å². The molecule has 0 aliphatic rings. The standard InChI is InChI=1S/C16H28N4O2S/c1-7-17-15(19-16(2,3)4)18-12-13-8-10-14(11-9-13)23(21,22)20(5)6/h8-11H,7,12H2,1-6H3,(H2,17,18,19). The lowest BCUT2D eigenvalue weighted by Gasteiger charge is -2.23. The van der Waals surface area contributed by atoms with Crippen LogP contribution >= 0.6 is 0 Å². The second kappa shape index (κ2) is 7.79. The summed E-state index contributed by atoms with van der Waals surface area (Å²) in [5, 5.41) is 6.51. The van der Waals surface area contributed by atoms with Crippen LogP contribution in [-0.4, -0.2) is 44.9 Å². The van der Waals surface area contributed by atoms with E-state index < -0.39 is 10.0 Å². The first kappa shape index (κ1) is 19.4. The smallest absolute Gasteiger partial charge is 0.242 e. The molecular weight excluding hydrogens is 312 g/mol. The number of nitrogens with one attached hydrogen (secondary N) is 2. The Labute approximate surface area is 140 Å². The Morgan fingerprint density at radius 1 is 1.17 bits per heavy atom. The summed E-state index contributed by atoms with van der Waals surface area (Å²) in [6, 6.07) is 6.82. The summed E-state index contributed by atoms with van der Waals surface area (Å²) in [5.74, 6) is 0.741. The van der Waals surface area contributed by atoms with Gasteiger partial charge >= 0.3 is 0 Å². The fourth-order valence-electron chi connectivity index (χ4n) is 1.81. The zero-order valence-electron chi connectivity index (χ0n) is 14.8. The highest BCUT2D eigenvalue weighted by Gasteiger charge is 2.16. The van der Waals surface area contributed by atoms with Gasteiger partial charge in [-0.2, -0.15) is 0 Å². The lowest BCUT2D eigenvalue weighted by Crippen LogP contribution is -2.47. The third-order valence-electron chi connectivity index (χ3n) is 2.96. The first-order valence-electron chi connectivity index (χ1n) is 7.64. The normalized spacial score (nSPS) is 13.3. The number of sulfonamides is 1. The molecule has 1 aromatic carbocycles. The predicted molar refractivity (Wildman–Crippen MR) is 95.0 cm³/mol. The first-order valence-corrected chi connectivity index (χ1v) is 9.08. The molecule has 0 aliphatic carbocycles. The summed E-state index contributed by atoms with van der Waals surface area (Å²) in [7, 11) is -0.340. The number of benzene rings is 1. The van der Waals surface area contributed by atoms with Crippen LogP contribution in [0.15, 0.2) is 34.2 Å². The monoisotopic (exact) mass is 340 g/mol. The Morgan fingerprint density at radius 3 is 2.17 bits per heavy atom. The average Bonchev–Trinajstić information content (AvgIpc) is 2.44. The fourth-order valence-corrected chi connectivity index (χ4v) is 2.71. The van der Waals surface area contributed by atoms with Crippen LogP contribution in [0, 0.1) is 0 Å². The minimum absolute atomic E-state index is 0.0787. The molecular formula is C16H28N4O2S. The molecule has 0 fully saturated rings. The van der Waals surface area contributed by atoms with E-state index in [0.717, 1.165) is 18.1 Å². The van der Waals surface area contributed by atoms with Gasteiger partial charge < -0.3 is 10.6 Å². The fraction of sp³-hybridized carbons (Fsp3) is 0.562. The molecule has 0 atom stereocenters. The van der Waals surface area contributed by atoms with Gasteiger partial charge in [0.25, 0.3) is 0 Å². The number of nitrogens with zero attached hydrogens (tertiary/aromatic N) is 2. The number of aliphatic imine (C=N–C) groups is 1. The van der Waals surface area contributed by atoms with Crippen molar-refractivity contribution in [1.82, 2.24) is 14.9 Å². The van der Waals surface area contributed by atoms with Gasteiger partial charge in [-0.05, 0) is 45.4 Å². The van der Waals surface area contributed by atoms with Crippen LogP contribution < -0.4 is 10.6 Å². The molecule has 0 aliphatic heterocycles. The van der Waals surface area contributed by atoms with E-state index in [0.29, 0.717) is 6.54 Å². The SMILES string of the molecule is CCNC(=NCc1ccc(S(=O)(=O)N(C)C)cc1)NC(C)(C)C. The molecule has 0 radical (unpaired) electrons. The van der Waals surface area contributed by atoms with E-state index in [2.05, 4.69) is 36.4 Å². The van der Waals surface area contributed by atoms with Crippen molar-refractivity contribution in [3.63, 3.8) is 0 Å². The van der Waals surface area contributed by atoms with E-state index in [4.69, 9.17) is 0 Å². The van der Waals surface area contributed by atoms with Crippen LogP contribution in [0.2, 0.25) is 0 Å². The van der Waals surface area contributed by atoms with E-state index in [1.54, 1.807) is 24.3 Å². The van der Waals surface area contributed by atoms with Crippen molar-refractivity contribution >= 4 is 16.0 Å². The molecule has 0 heterocycles. The highest BCUT2D eigenvalue weighted by atomic mass is 32.2. The molecule has 0 unspecified atom stereocenters. The van der Waals surface area contributed by atoms with E-state index in [1.165, 1.54) is 18.4 Å². The van der Waals surface area contributed by atoms with E-state index in [9.17, 15) is 8.42 Å². The van der Waals surface area contributed by atoms with Crippen molar-refractivity contribution in [3.05, 3.63) is 29.8 Å². The van der Waals surface area contributed by atoms with E-state index >= 15 is 0 Å². The van der Waals surface area contributed by atoms with Crippen molar-refractivity contribution in [1.29, 1.82) is 0 Å². The zero-order valence-corrected chi connectivity index (χ0v) is 15.7. The molecule has 1 aromatic rings. The van der Waals surface area contributed by atoms with Gasteiger partial charge in [-0.3, -0.25) is 0 Å². The Bertz CT molecular complexity index is 629. The first-order chi connectivity index (χ1) is 10.6. The molecule has 1 rings (SSSR count). The number of hydrogen-bond acceptors (Lipinski definition) is 3. The molecule has 7 heteroatoms. The van der Waals surface area contributed by atoms with Crippen LogP contribution in [0.1, 0.15) is 33.3 Å². The summed E-state index contributed by atoms with van der Waals surface area (Å²) < 4.78 is 25.3.